The number of carbonyl (C=O) groups is 1. The molecule has 0 unspecified atom stereocenters. The van der Waals surface area contributed by atoms with Crippen LogP contribution in [-0.4, -0.2) is 42.7 Å². The van der Waals surface area contributed by atoms with Gasteiger partial charge in [-0.3, -0.25) is 19.9 Å². The van der Waals surface area contributed by atoms with Gasteiger partial charge in [-0.25, -0.2) is 9.20 Å². The van der Waals surface area contributed by atoms with Gasteiger partial charge in [-0.2, -0.15) is 10.2 Å². The van der Waals surface area contributed by atoms with Gasteiger partial charge in [-0.1, -0.05) is 13.8 Å². The summed E-state index contributed by atoms with van der Waals surface area (Å²) in [7, 11) is 1.43. The first-order valence-corrected chi connectivity index (χ1v) is 7.49. The molecule has 2 aromatic heterocycles. The maximum Gasteiger partial charge on any atom is 0.325 e. The summed E-state index contributed by atoms with van der Waals surface area (Å²) in [6.45, 7) is 3.24. The highest BCUT2D eigenvalue weighted by molar-refractivity contribution is 5.75. The molecule has 9 nitrogen and oxygen atoms in total. The Labute approximate surface area is 131 Å². The molecule has 1 aliphatic rings. The van der Waals surface area contributed by atoms with Gasteiger partial charge in [0.25, 0.3) is 5.56 Å². The Balaban J connectivity index is 2.38. The summed E-state index contributed by atoms with van der Waals surface area (Å²) in [5, 5.41) is 28.5. The van der Waals surface area contributed by atoms with Crippen LogP contribution in [0.4, 0.5) is 5.69 Å². The molecule has 0 aromatic carbocycles. The summed E-state index contributed by atoms with van der Waals surface area (Å²) in [5.41, 5.74) is 0.578. The van der Waals surface area contributed by atoms with E-state index in [9.17, 15) is 14.8 Å². The van der Waals surface area contributed by atoms with E-state index in [0.717, 1.165) is 22.6 Å². The number of anilines is 1. The number of nitrogens with zero attached hydrogens (tertiary/aromatic N) is 5. The lowest BCUT2D eigenvalue weighted by Crippen LogP contribution is -2.31. The van der Waals surface area contributed by atoms with Crippen molar-refractivity contribution in [1.82, 2.24) is 19.4 Å². The van der Waals surface area contributed by atoms with Gasteiger partial charge >= 0.3 is 5.97 Å². The van der Waals surface area contributed by atoms with Crippen molar-refractivity contribution in [3.63, 3.8) is 0 Å². The lowest BCUT2D eigenvalue weighted by molar-refractivity contribution is -0.138. The van der Waals surface area contributed by atoms with Crippen LogP contribution in [0.15, 0.2) is 4.79 Å². The number of carboxylic acid groups (broad SMARTS) is 1. The Hall–Kier alpha value is -2.42. The van der Waals surface area contributed by atoms with E-state index in [-0.39, 0.29) is 17.4 Å². The fourth-order valence-electron chi connectivity index (χ4n) is 2.66. The summed E-state index contributed by atoms with van der Waals surface area (Å²) in [5.74, 6) is -0.524. The van der Waals surface area contributed by atoms with Gasteiger partial charge in [0, 0.05) is 18.9 Å². The number of aromatic nitrogens is 4. The summed E-state index contributed by atoms with van der Waals surface area (Å²) in [4.78, 5) is 23.7. The number of hydrogen-bond acceptors (Lipinski definition) is 6. The molecule has 0 aliphatic heterocycles. The van der Waals surface area contributed by atoms with Crippen molar-refractivity contribution in [3.8, 4) is 0 Å². The number of fused-ring (bicyclic) bond motifs is 1. The fraction of sp³-hybridized carbons (Fsp3) is 0.571. The normalized spacial score (nSPS) is 14.7. The van der Waals surface area contributed by atoms with Crippen molar-refractivity contribution in [2.24, 2.45) is 0 Å². The Morgan fingerprint density at radius 1 is 1.39 bits per heavy atom. The molecule has 0 spiro atoms. The lowest BCUT2D eigenvalue weighted by Gasteiger charge is -2.13. The van der Waals surface area contributed by atoms with Crippen LogP contribution < -0.4 is 10.6 Å². The van der Waals surface area contributed by atoms with Gasteiger partial charge in [-0.05, 0) is 12.8 Å². The molecule has 0 radical (unpaired) electrons. The SMILES string of the molecule is CC(C)c1nn(CC(=O)O)c(=O)c2c(N(C)O)c(C3CC3)nn12. The second kappa shape index (κ2) is 5.34. The van der Waals surface area contributed by atoms with E-state index in [2.05, 4.69) is 10.2 Å². The Morgan fingerprint density at radius 2 is 2.04 bits per heavy atom. The molecule has 2 heterocycles. The zero-order valence-corrected chi connectivity index (χ0v) is 13.2. The molecule has 23 heavy (non-hydrogen) atoms. The summed E-state index contributed by atoms with van der Waals surface area (Å²) in [6.07, 6.45) is 1.91. The number of rotatable bonds is 5. The van der Waals surface area contributed by atoms with E-state index < -0.39 is 18.1 Å². The van der Waals surface area contributed by atoms with Crippen molar-refractivity contribution < 1.29 is 15.1 Å². The second-order valence-electron chi connectivity index (χ2n) is 6.16. The Kier molecular flexibility index (Phi) is 3.59. The molecular weight excluding hydrogens is 302 g/mol. The second-order valence-corrected chi connectivity index (χ2v) is 6.16. The van der Waals surface area contributed by atoms with E-state index in [1.807, 2.05) is 13.8 Å². The Bertz CT molecular complexity index is 832. The average Bonchev–Trinajstić information content (AvgIpc) is 3.20. The van der Waals surface area contributed by atoms with Crippen molar-refractivity contribution in [2.45, 2.75) is 45.1 Å². The first-order valence-electron chi connectivity index (χ1n) is 7.49. The highest BCUT2D eigenvalue weighted by Crippen LogP contribution is 2.44. The van der Waals surface area contributed by atoms with E-state index in [4.69, 9.17) is 5.11 Å². The van der Waals surface area contributed by atoms with Crippen LogP contribution >= 0.6 is 0 Å². The third kappa shape index (κ3) is 2.56. The first kappa shape index (κ1) is 15.5. The number of aliphatic carboxylic acids is 1. The number of hydrogen-bond donors (Lipinski definition) is 2. The lowest BCUT2D eigenvalue weighted by atomic mass is 10.2. The van der Waals surface area contributed by atoms with Gasteiger partial charge in [0.1, 0.15) is 12.2 Å². The molecule has 1 saturated carbocycles. The van der Waals surface area contributed by atoms with Crippen LogP contribution in [0.1, 0.15) is 50.0 Å². The molecule has 0 saturated heterocycles. The molecule has 0 atom stereocenters. The number of hydroxylamine groups is 1. The topological polar surface area (TPSA) is 113 Å². The summed E-state index contributed by atoms with van der Waals surface area (Å²) >= 11 is 0. The molecule has 2 aromatic rings. The zero-order valence-electron chi connectivity index (χ0n) is 13.2. The van der Waals surface area contributed by atoms with Gasteiger partial charge in [0.15, 0.2) is 11.3 Å². The van der Waals surface area contributed by atoms with Gasteiger partial charge in [-0.15, -0.1) is 0 Å². The van der Waals surface area contributed by atoms with Crippen LogP contribution in [0.3, 0.4) is 0 Å². The average molecular weight is 321 g/mol. The van der Waals surface area contributed by atoms with Gasteiger partial charge in [0.2, 0.25) is 0 Å². The van der Waals surface area contributed by atoms with Crippen LogP contribution in [0.5, 0.6) is 0 Å². The van der Waals surface area contributed by atoms with Gasteiger partial charge < -0.3 is 5.11 Å². The highest BCUT2D eigenvalue weighted by atomic mass is 16.5. The monoisotopic (exact) mass is 321 g/mol. The molecule has 3 rings (SSSR count). The third-order valence-electron chi connectivity index (χ3n) is 3.85. The minimum Gasteiger partial charge on any atom is -0.480 e. The quantitative estimate of drug-likeness (QED) is 0.783. The molecule has 0 amide bonds. The minimum atomic E-state index is -1.15. The number of carboxylic acids is 1. The van der Waals surface area contributed by atoms with E-state index in [1.165, 1.54) is 11.6 Å². The van der Waals surface area contributed by atoms with Crippen molar-refractivity contribution >= 4 is 17.2 Å². The molecule has 1 aliphatic carbocycles. The van der Waals surface area contributed by atoms with Crippen LogP contribution in [-0.2, 0) is 11.3 Å². The minimum absolute atomic E-state index is 0.0676. The van der Waals surface area contributed by atoms with Crippen LogP contribution in [0, 0.1) is 0 Å². The molecule has 9 heteroatoms. The summed E-state index contributed by atoms with van der Waals surface area (Å²) in [6, 6.07) is 0. The Morgan fingerprint density at radius 3 is 2.52 bits per heavy atom. The van der Waals surface area contributed by atoms with Gasteiger partial charge in [0.05, 0.1) is 5.69 Å². The van der Waals surface area contributed by atoms with E-state index in [0.29, 0.717) is 17.2 Å². The predicted octanol–water partition coefficient (Wildman–Crippen LogP) is 0.802. The third-order valence-corrected chi connectivity index (χ3v) is 3.85. The molecule has 2 N–H and O–H groups in total. The fourth-order valence-corrected chi connectivity index (χ4v) is 2.66. The van der Waals surface area contributed by atoms with Crippen molar-refractivity contribution in [2.75, 3.05) is 12.1 Å². The maximum absolute atomic E-state index is 12.7. The van der Waals surface area contributed by atoms with E-state index in [1.54, 1.807) is 0 Å². The standard InChI is InChI=1S/C14H19N5O4/c1-7(2)13-16-18(6-9(20)21)14(22)12-11(17(3)23)10(8-4-5-8)15-19(12)13/h7-8,23H,4-6H2,1-3H3,(H,20,21). The smallest absolute Gasteiger partial charge is 0.325 e. The molecular formula is C14H19N5O4. The van der Waals surface area contributed by atoms with Crippen LogP contribution in [0.2, 0.25) is 0 Å². The van der Waals surface area contributed by atoms with Crippen LogP contribution in [0.25, 0.3) is 5.52 Å². The highest BCUT2D eigenvalue weighted by Gasteiger charge is 2.34. The predicted molar refractivity (Wildman–Crippen MR) is 81.1 cm³/mol. The largest absolute Gasteiger partial charge is 0.480 e. The molecule has 124 valence electrons. The zero-order chi connectivity index (χ0) is 16.9. The molecule has 1 fully saturated rings. The van der Waals surface area contributed by atoms with Crippen molar-refractivity contribution in [1.29, 1.82) is 0 Å². The molecule has 0 bridgehead atoms. The summed E-state index contributed by atoms with van der Waals surface area (Å²) < 4.78 is 2.36. The first-order chi connectivity index (χ1) is 10.8. The van der Waals surface area contributed by atoms with Crippen molar-refractivity contribution in [3.05, 3.63) is 21.9 Å². The van der Waals surface area contributed by atoms with E-state index >= 15 is 0 Å². The maximum atomic E-state index is 12.7.